The molecule has 1 radical (unpaired) electrons. The van der Waals surface area contributed by atoms with Crippen LogP contribution in [0.15, 0.2) is 30.3 Å². The molecule has 0 heterocycles. The van der Waals surface area contributed by atoms with E-state index in [0.29, 0.717) is 0 Å². The van der Waals surface area contributed by atoms with Crippen molar-refractivity contribution in [3.05, 3.63) is 42.5 Å². The van der Waals surface area contributed by atoms with Gasteiger partial charge in [0.1, 0.15) is 0 Å². The van der Waals surface area contributed by atoms with Crippen LogP contribution in [0.3, 0.4) is 0 Å². The molecule has 1 heteroatoms. The molecule has 1 rings (SSSR count). The molecule has 0 aromatic heterocycles. The summed E-state index contributed by atoms with van der Waals surface area (Å²) in [5.41, 5.74) is 1.06. The summed E-state index contributed by atoms with van der Waals surface area (Å²) < 4.78 is 0. The summed E-state index contributed by atoms with van der Waals surface area (Å²) in [6, 6.07) is 9.80. The molecule has 0 atom stereocenters. The Morgan fingerprint density at radius 1 is 1.11 bits per heavy atom. The van der Waals surface area contributed by atoms with Crippen molar-refractivity contribution < 1.29 is 49.4 Å². The van der Waals surface area contributed by atoms with Crippen LogP contribution in [0, 0.1) is 56.0 Å². The Labute approximate surface area is 96.5 Å². The van der Waals surface area contributed by atoms with E-state index in [4.69, 9.17) is 6.58 Å². The monoisotopic (exact) mass is 256 g/mol. The molecule has 9 heavy (non-hydrogen) atoms. The van der Waals surface area contributed by atoms with Gasteiger partial charge in [-0.3, -0.25) is 6.58 Å². The van der Waals surface area contributed by atoms with Crippen molar-refractivity contribution in [2.45, 2.75) is 0 Å². The van der Waals surface area contributed by atoms with Crippen molar-refractivity contribution in [2.75, 3.05) is 0 Å². The maximum atomic E-state index is 5.22. The third-order valence-corrected chi connectivity index (χ3v) is 0.992. The Kier molecular flexibility index (Phi) is 5.66. The van der Waals surface area contributed by atoms with Gasteiger partial charge in [0.25, 0.3) is 0 Å². The first-order valence-electron chi connectivity index (χ1n) is 2.53. The average Bonchev–Trinajstić information content (AvgIpc) is 1.90. The summed E-state index contributed by atoms with van der Waals surface area (Å²) in [4.78, 5) is 0. The molecule has 0 aliphatic rings. The van der Waals surface area contributed by atoms with E-state index in [1.54, 1.807) is 6.08 Å². The SMILES string of the molecule is [CH-]=Cc1ccccc1.[Eu]. The van der Waals surface area contributed by atoms with Crippen LogP contribution < -0.4 is 0 Å². The first kappa shape index (κ1) is 9.54. The molecule has 0 aliphatic heterocycles. The molecule has 0 amide bonds. The molecule has 0 aliphatic carbocycles. The van der Waals surface area contributed by atoms with E-state index < -0.39 is 0 Å². The van der Waals surface area contributed by atoms with Crippen LogP contribution in [-0.2, 0) is 0 Å². The second-order valence-corrected chi connectivity index (χ2v) is 1.58. The van der Waals surface area contributed by atoms with Crippen molar-refractivity contribution in [1.29, 1.82) is 0 Å². The van der Waals surface area contributed by atoms with Gasteiger partial charge in [0.15, 0.2) is 0 Å². The number of hydrogen-bond donors (Lipinski definition) is 0. The van der Waals surface area contributed by atoms with E-state index >= 15 is 0 Å². The minimum absolute atomic E-state index is 0. The molecule has 0 fully saturated rings. The standard InChI is InChI=1S/C8H7.Eu/c1-2-8-6-4-3-5-7-8;/h1-7H;/q-1;. The molecule has 0 nitrogen and oxygen atoms in total. The summed E-state index contributed by atoms with van der Waals surface area (Å²) in [7, 11) is 0. The van der Waals surface area contributed by atoms with Crippen molar-refractivity contribution >= 4 is 6.08 Å². The normalized spacial score (nSPS) is 7.56. The molecule has 47 valence electrons. The van der Waals surface area contributed by atoms with Gasteiger partial charge in [0.2, 0.25) is 0 Å². The van der Waals surface area contributed by atoms with Gasteiger partial charge >= 0.3 is 0 Å². The van der Waals surface area contributed by atoms with Crippen molar-refractivity contribution in [2.24, 2.45) is 0 Å². The Balaban J connectivity index is 0.000000640. The number of hydrogen-bond acceptors (Lipinski definition) is 0. The molecule has 0 saturated carbocycles. The summed E-state index contributed by atoms with van der Waals surface area (Å²) in [5.74, 6) is 0. The third-order valence-electron chi connectivity index (χ3n) is 0.992. The Bertz CT molecular complexity index is 167. The smallest absolute Gasteiger partial charge is 0 e. The van der Waals surface area contributed by atoms with E-state index in [1.807, 2.05) is 30.3 Å². The molecule has 0 bridgehead atoms. The van der Waals surface area contributed by atoms with E-state index in [9.17, 15) is 0 Å². The fraction of sp³-hybridized carbons (Fsp3) is 0. The zero-order chi connectivity index (χ0) is 5.82. The van der Waals surface area contributed by atoms with Gasteiger partial charge in [-0.15, -0.1) is 12.1 Å². The van der Waals surface area contributed by atoms with Crippen molar-refractivity contribution in [3.63, 3.8) is 0 Å². The summed E-state index contributed by atoms with van der Waals surface area (Å²) >= 11 is 0. The molecule has 0 spiro atoms. The van der Waals surface area contributed by atoms with Crippen molar-refractivity contribution in [1.82, 2.24) is 0 Å². The molecule has 1 aromatic carbocycles. The number of benzene rings is 1. The fourth-order valence-corrected chi connectivity index (χ4v) is 0.564. The third kappa shape index (κ3) is 3.29. The predicted molar refractivity (Wildman–Crippen MR) is 35.2 cm³/mol. The van der Waals surface area contributed by atoms with Gasteiger partial charge in [-0.1, -0.05) is 18.2 Å². The van der Waals surface area contributed by atoms with E-state index in [-0.39, 0.29) is 49.4 Å². The van der Waals surface area contributed by atoms with Crippen LogP contribution in [0.4, 0.5) is 0 Å². The maximum absolute atomic E-state index is 5.22. The zero-order valence-electron chi connectivity index (χ0n) is 4.92. The summed E-state index contributed by atoms with van der Waals surface area (Å²) in [5, 5.41) is 0. The van der Waals surface area contributed by atoms with Crippen LogP contribution in [-0.4, -0.2) is 0 Å². The number of rotatable bonds is 1. The van der Waals surface area contributed by atoms with Gasteiger partial charge in [-0.05, 0) is 0 Å². The van der Waals surface area contributed by atoms with Gasteiger partial charge in [0.05, 0.1) is 0 Å². The van der Waals surface area contributed by atoms with Crippen LogP contribution >= 0.6 is 0 Å². The second-order valence-electron chi connectivity index (χ2n) is 1.58. The van der Waals surface area contributed by atoms with Crippen LogP contribution in [0.1, 0.15) is 5.56 Å². The first-order valence-corrected chi connectivity index (χ1v) is 2.53. The Morgan fingerprint density at radius 2 is 1.67 bits per heavy atom. The van der Waals surface area contributed by atoms with Crippen molar-refractivity contribution in [3.8, 4) is 0 Å². The molecule has 0 N–H and O–H groups in total. The van der Waals surface area contributed by atoms with Gasteiger partial charge in [-0.25, -0.2) is 6.08 Å². The largest absolute Gasteiger partial charge is 0.292 e. The van der Waals surface area contributed by atoms with E-state index in [1.165, 1.54) is 0 Å². The quantitative estimate of drug-likeness (QED) is 0.674. The zero-order valence-corrected chi connectivity index (χ0v) is 7.34. The molecular formula is C8H7Eu-. The Morgan fingerprint density at radius 3 is 2.00 bits per heavy atom. The van der Waals surface area contributed by atoms with Crippen LogP contribution in [0.5, 0.6) is 0 Å². The van der Waals surface area contributed by atoms with Gasteiger partial charge in [-0.2, -0.15) is 5.56 Å². The molecule has 1 aromatic rings. The Hall–Kier alpha value is 0.544. The molecular weight excluding hydrogens is 248 g/mol. The first-order chi connectivity index (χ1) is 3.93. The second kappa shape index (κ2) is 5.34. The summed E-state index contributed by atoms with van der Waals surface area (Å²) in [6.45, 7) is 5.22. The van der Waals surface area contributed by atoms with Gasteiger partial charge < -0.3 is 0 Å². The molecule has 0 unspecified atom stereocenters. The van der Waals surface area contributed by atoms with E-state index in [2.05, 4.69) is 0 Å². The minimum atomic E-state index is 0. The predicted octanol–water partition coefficient (Wildman–Crippen LogP) is 2.13. The van der Waals surface area contributed by atoms with Gasteiger partial charge in [0, 0.05) is 49.4 Å². The topological polar surface area (TPSA) is 0 Å². The fourth-order valence-electron chi connectivity index (χ4n) is 0.564. The van der Waals surface area contributed by atoms with E-state index in [0.717, 1.165) is 5.56 Å². The minimum Gasteiger partial charge on any atom is -0.292 e. The van der Waals surface area contributed by atoms with Crippen LogP contribution in [0.25, 0.3) is 6.08 Å². The molecule has 0 saturated heterocycles. The maximum Gasteiger partial charge on any atom is 0 e. The van der Waals surface area contributed by atoms with Crippen LogP contribution in [0.2, 0.25) is 0 Å². The average molecular weight is 255 g/mol. The summed E-state index contributed by atoms with van der Waals surface area (Å²) in [6.07, 6.45) is 1.58.